The van der Waals surface area contributed by atoms with Crippen molar-refractivity contribution in [2.24, 2.45) is 23.2 Å². The summed E-state index contributed by atoms with van der Waals surface area (Å²) < 4.78 is 10.7. The minimum Gasteiger partial charge on any atom is -0.463 e. The molecule has 1 amide bonds. The molecule has 0 spiro atoms. The zero-order valence-electron chi connectivity index (χ0n) is 14.5. The van der Waals surface area contributed by atoms with Gasteiger partial charge in [0, 0.05) is 0 Å². The molecule has 130 valence electrons. The van der Waals surface area contributed by atoms with Gasteiger partial charge >= 0.3 is 12.1 Å². The highest BCUT2D eigenvalue weighted by molar-refractivity contribution is 5.77. The second kappa shape index (κ2) is 5.99. The Bertz CT molecular complexity index is 445. The minimum absolute atomic E-state index is 0.0393. The summed E-state index contributed by atoms with van der Waals surface area (Å²) in [7, 11) is 0. The summed E-state index contributed by atoms with van der Waals surface area (Å²) in [6.45, 7) is 5.98. The van der Waals surface area contributed by atoms with E-state index in [0.29, 0.717) is 6.54 Å². The number of nitrogens with one attached hydrogen (secondary N) is 1. The van der Waals surface area contributed by atoms with Crippen molar-refractivity contribution in [3.8, 4) is 0 Å². The molecule has 4 fully saturated rings. The van der Waals surface area contributed by atoms with Gasteiger partial charge < -0.3 is 14.8 Å². The van der Waals surface area contributed by atoms with E-state index in [1.807, 2.05) is 20.8 Å². The van der Waals surface area contributed by atoms with Gasteiger partial charge in [0.25, 0.3) is 0 Å². The molecular weight excluding hydrogens is 294 g/mol. The molecule has 0 radical (unpaired) electrons. The number of esters is 1. The van der Waals surface area contributed by atoms with Gasteiger partial charge in [-0.1, -0.05) is 0 Å². The van der Waals surface area contributed by atoms with E-state index in [-0.39, 0.29) is 18.0 Å². The van der Waals surface area contributed by atoms with E-state index < -0.39 is 11.7 Å². The quantitative estimate of drug-likeness (QED) is 0.637. The van der Waals surface area contributed by atoms with Crippen LogP contribution in [-0.2, 0) is 14.3 Å². The van der Waals surface area contributed by atoms with Crippen LogP contribution in [0.25, 0.3) is 0 Å². The highest BCUT2D eigenvalue weighted by atomic mass is 16.6. The Labute approximate surface area is 138 Å². The lowest BCUT2D eigenvalue weighted by Crippen LogP contribution is -2.50. The number of hydrogen-bond acceptors (Lipinski definition) is 4. The lowest BCUT2D eigenvalue weighted by atomic mass is 9.49. The number of amides is 1. The van der Waals surface area contributed by atoms with E-state index in [2.05, 4.69) is 5.32 Å². The van der Waals surface area contributed by atoms with Crippen LogP contribution in [0.15, 0.2) is 0 Å². The molecule has 23 heavy (non-hydrogen) atoms. The van der Waals surface area contributed by atoms with Gasteiger partial charge in [-0.25, -0.2) is 4.79 Å². The fraction of sp³-hybridized carbons (Fsp3) is 0.889. The van der Waals surface area contributed by atoms with Crippen LogP contribution < -0.4 is 5.32 Å². The van der Waals surface area contributed by atoms with Crippen molar-refractivity contribution < 1.29 is 19.1 Å². The second-order valence-corrected chi connectivity index (χ2v) is 8.76. The number of ether oxygens (including phenoxy) is 2. The van der Waals surface area contributed by atoms with E-state index >= 15 is 0 Å². The molecule has 0 aromatic heterocycles. The van der Waals surface area contributed by atoms with Crippen LogP contribution in [-0.4, -0.2) is 30.8 Å². The van der Waals surface area contributed by atoms with Gasteiger partial charge in [-0.05, 0) is 77.0 Å². The van der Waals surface area contributed by atoms with Crippen molar-refractivity contribution in [3.05, 3.63) is 0 Å². The Morgan fingerprint density at radius 1 is 1.04 bits per heavy atom. The lowest BCUT2D eigenvalue weighted by Gasteiger charge is -2.55. The van der Waals surface area contributed by atoms with Crippen molar-refractivity contribution in [1.29, 1.82) is 0 Å². The van der Waals surface area contributed by atoms with Crippen molar-refractivity contribution in [1.82, 2.24) is 5.32 Å². The molecule has 0 heterocycles. The Morgan fingerprint density at radius 2 is 1.57 bits per heavy atom. The van der Waals surface area contributed by atoms with Crippen LogP contribution in [0.3, 0.4) is 0 Å². The van der Waals surface area contributed by atoms with Crippen LogP contribution >= 0.6 is 0 Å². The van der Waals surface area contributed by atoms with E-state index in [9.17, 15) is 9.59 Å². The van der Waals surface area contributed by atoms with Gasteiger partial charge in [0.1, 0.15) is 12.2 Å². The van der Waals surface area contributed by atoms with E-state index in [4.69, 9.17) is 9.47 Å². The number of rotatable bonds is 4. The first-order chi connectivity index (χ1) is 10.8. The number of alkyl carbamates (subject to hydrolysis) is 1. The van der Waals surface area contributed by atoms with Crippen LogP contribution in [0.2, 0.25) is 0 Å². The Balaban J connectivity index is 1.43. The van der Waals surface area contributed by atoms with Crippen LogP contribution in [0.1, 0.15) is 59.3 Å². The molecule has 5 nitrogen and oxygen atoms in total. The Kier molecular flexibility index (Phi) is 4.32. The third-order valence-corrected chi connectivity index (χ3v) is 5.47. The fourth-order valence-corrected chi connectivity index (χ4v) is 5.12. The fourth-order valence-electron chi connectivity index (χ4n) is 5.12. The molecule has 4 aliphatic rings. The third kappa shape index (κ3) is 3.81. The van der Waals surface area contributed by atoms with Gasteiger partial charge in [0.05, 0.1) is 12.0 Å². The van der Waals surface area contributed by atoms with Crippen LogP contribution in [0.4, 0.5) is 4.79 Å². The molecule has 4 bridgehead atoms. The van der Waals surface area contributed by atoms with Crippen molar-refractivity contribution in [2.45, 2.75) is 64.9 Å². The van der Waals surface area contributed by atoms with Crippen molar-refractivity contribution in [2.75, 3.05) is 13.2 Å². The molecule has 5 heteroatoms. The Morgan fingerprint density at radius 3 is 2.04 bits per heavy atom. The van der Waals surface area contributed by atoms with Crippen molar-refractivity contribution in [3.63, 3.8) is 0 Å². The summed E-state index contributed by atoms with van der Waals surface area (Å²) in [5.74, 6) is 2.15. The van der Waals surface area contributed by atoms with E-state index in [1.54, 1.807) is 0 Å². The molecular formula is C18H29NO4. The van der Waals surface area contributed by atoms with Crippen LogP contribution in [0, 0.1) is 23.2 Å². The average molecular weight is 323 g/mol. The topological polar surface area (TPSA) is 64.6 Å². The minimum atomic E-state index is -0.514. The summed E-state index contributed by atoms with van der Waals surface area (Å²) in [6, 6.07) is 0. The number of hydrogen-bond donors (Lipinski definition) is 1. The summed E-state index contributed by atoms with van der Waals surface area (Å²) in [6.07, 6.45) is 6.50. The first kappa shape index (κ1) is 16.6. The SMILES string of the molecule is CC(C)(C)OC(=O)NCCOC(=O)C12CC3CC(CC(C3)C1)C2. The maximum atomic E-state index is 12.6. The van der Waals surface area contributed by atoms with E-state index in [0.717, 1.165) is 37.0 Å². The number of carbonyl (C=O) groups excluding carboxylic acids is 2. The average Bonchev–Trinajstić information content (AvgIpc) is 2.39. The monoisotopic (exact) mass is 323 g/mol. The first-order valence-electron chi connectivity index (χ1n) is 8.90. The highest BCUT2D eigenvalue weighted by Gasteiger charge is 2.55. The van der Waals surface area contributed by atoms with E-state index in [1.165, 1.54) is 19.3 Å². The van der Waals surface area contributed by atoms with Gasteiger partial charge in [-0.2, -0.15) is 0 Å². The largest absolute Gasteiger partial charge is 0.463 e. The molecule has 0 unspecified atom stereocenters. The molecule has 4 saturated carbocycles. The predicted molar refractivity (Wildman–Crippen MR) is 85.8 cm³/mol. The van der Waals surface area contributed by atoms with Crippen LogP contribution in [0.5, 0.6) is 0 Å². The zero-order chi connectivity index (χ0) is 16.7. The Hall–Kier alpha value is -1.26. The maximum Gasteiger partial charge on any atom is 0.407 e. The normalized spacial score (nSPS) is 35.0. The van der Waals surface area contributed by atoms with Gasteiger partial charge in [-0.15, -0.1) is 0 Å². The zero-order valence-corrected chi connectivity index (χ0v) is 14.5. The van der Waals surface area contributed by atoms with Crippen molar-refractivity contribution >= 4 is 12.1 Å². The summed E-state index contributed by atoms with van der Waals surface area (Å²) in [5.41, 5.74) is -0.735. The molecule has 0 atom stereocenters. The number of carbonyl (C=O) groups is 2. The van der Waals surface area contributed by atoms with Gasteiger partial charge in [-0.3, -0.25) is 4.79 Å². The van der Waals surface area contributed by atoms with Gasteiger partial charge in [0.15, 0.2) is 0 Å². The molecule has 0 aromatic rings. The first-order valence-corrected chi connectivity index (χ1v) is 8.90. The summed E-state index contributed by atoms with van der Waals surface area (Å²) >= 11 is 0. The standard InChI is InChI=1S/C18H29NO4/c1-17(2,3)23-16(21)19-4-5-22-15(20)18-9-12-6-13(10-18)8-14(7-12)11-18/h12-14H,4-11H2,1-3H3,(H,19,21). The second-order valence-electron chi connectivity index (χ2n) is 8.76. The maximum absolute atomic E-state index is 12.6. The molecule has 1 N–H and O–H groups in total. The molecule has 4 aliphatic carbocycles. The smallest absolute Gasteiger partial charge is 0.407 e. The predicted octanol–water partition coefficient (Wildman–Crippen LogP) is 3.27. The summed E-state index contributed by atoms with van der Waals surface area (Å²) in [4.78, 5) is 24.2. The molecule has 0 aromatic carbocycles. The highest BCUT2D eigenvalue weighted by Crippen LogP contribution is 2.60. The third-order valence-electron chi connectivity index (χ3n) is 5.47. The van der Waals surface area contributed by atoms with Gasteiger partial charge in [0.2, 0.25) is 0 Å². The molecule has 4 rings (SSSR count). The lowest BCUT2D eigenvalue weighted by molar-refractivity contribution is -0.171. The molecule has 0 saturated heterocycles. The summed E-state index contributed by atoms with van der Waals surface area (Å²) in [5, 5.41) is 2.63. The molecule has 0 aliphatic heterocycles.